The number of para-hydroxylation sites is 1. The fourth-order valence-corrected chi connectivity index (χ4v) is 4.54. The van der Waals surface area contributed by atoms with Crippen LogP contribution in [0.2, 0.25) is 0 Å². The van der Waals surface area contributed by atoms with Gasteiger partial charge in [0.1, 0.15) is 0 Å². The Morgan fingerprint density at radius 1 is 1.00 bits per heavy atom. The third-order valence-electron chi connectivity index (χ3n) is 6.25. The number of aryl methyl sites for hydroxylation is 1. The van der Waals surface area contributed by atoms with Gasteiger partial charge in [0, 0.05) is 11.1 Å². The molecule has 0 aromatic heterocycles. The highest BCUT2D eigenvalue weighted by atomic mass is 16.7. The van der Waals surface area contributed by atoms with Crippen LogP contribution >= 0.6 is 0 Å². The lowest BCUT2D eigenvalue weighted by Gasteiger charge is -2.23. The van der Waals surface area contributed by atoms with Crippen molar-refractivity contribution in [3.8, 4) is 11.5 Å². The Labute approximate surface area is 192 Å². The molecule has 168 valence electrons. The van der Waals surface area contributed by atoms with Crippen molar-refractivity contribution in [2.24, 2.45) is 0 Å². The second-order valence-electron chi connectivity index (χ2n) is 8.50. The lowest BCUT2D eigenvalue weighted by molar-refractivity contribution is -0.136. The summed E-state index contributed by atoms with van der Waals surface area (Å²) in [4.78, 5) is 28.1. The van der Waals surface area contributed by atoms with Crippen LogP contribution in [0.5, 0.6) is 11.5 Å². The number of rotatable bonds is 7. The molecule has 6 nitrogen and oxygen atoms in total. The first kappa shape index (κ1) is 21.2. The van der Waals surface area contributed by atoms with Crippen molar-refractivity contribution < 1.29 is 24.2 Å². The van der Waals surface area contributed by atoms with Gasteiger partial charge in [-0.15, -0.1) is 0 Å². The molecule has 0 radical (unpaired) electrons. The molecular formula is C27H25NO5. The highest BCUT2D eigenvalue weighted by Crippen LogP contribution is 2.44. The molecule has 2 aliphatic rings. The summed E-state index contributed by atoms with van der Waals surface area (Å²) in [6.45, 7) is 2.52. The van der Waals surface area contributed by atoms with Crippen LogP contribution in [0.4, 0.5) is 5.69 Å². The standard InChI is InChI=1S/C27H25NO5/c1-2-5-18-8-11-20(12-9-18)23(29)15-27(31)21-6-3-4-7-22(21)28(26(27)30)16-19-10-13-24-25(14-19)33-17-32-24/h3-4,6-14,31H,2,5,15-17H2,1H3/t27-/m1/s1. The Morgan fingerprint density at radius 3 is 2.52 bits per heavy atom. The fraction of sp³-hybridized carbons (Fsp3) is 0.259. The van der Waals surface area contributed by atoms with Gasteiger partial charge in [0.25, 0.3) is 5.91 Å². The Kier molecular flexibility index (Phi) is 5.38. The van der Waals surface area contributed by atoms with Crippen LogP contribution in [-0.4, -0.2) is 23.6 Å². The van der Waals surface area contributed by atoms with E-state index in [-0.39, 0.29) is 25.5 Å². The molecule has 0 bridgehead atoms. The largest absolute Gasteiger partial charge is 0.454 e. The summed E-state index contributed by atoms with van der Waals surface area (Å²) in [6.07, 6.45) is 1.66. The second-order valence-corrected chi connectivity index (χ2v) is 8.50. The smallest absolute Gasteiger partial charge is 0.264 e. The van der Waals surface area contributed by atoms with Gasteiger partial charge in [0.05, 0.1) is 18.7 Å². The highest BCUT2D eigenvalue weighted by Gasteiger charge is 2.50. The number of ether oxygens (including phenoxy) is 2. The maximum atomic E-state index is 13.5. The van der Waals surface area contributed by atoms with Crippen molar-refractivity contribution in [2.75, 3.05) is 11.7 Å². The number of hydrogen-bond acceptors (Lipinski definition) is 5. The molecule has 1 amide bonds. The molecular weight excluding hydrogens is 418 g/mol. The molecule has 0 aliphatic carbocycles. The third-order valence-corrected chi connectivity index (χ3v) is 6.25. The van der Waals surface area contributed by atoms with Crippen LogP contribution in [-0.2, 0) is 23.4 Å². The number of nitrogens with zero attached hydrogens (tertiary/aromatic N) is 1. The summed E-state index contributed by atoms with van der Waals surface area (Å²) >= 11 is 0. The van der Waals surface area contributed by atoms with Crippen LogP contribution < -0.4 is 14.4 Å². The lowest BCUT2D eigenvalue weighted by atomic mass is 9.88. The highest BCUT2D eigenvalue weighted by molar-refractivity contribution is 6.10. The Balaban J connectivity index is 1.42. The Bertz CT molecular complexity index is 1220. The minimum atomic E-state index is -1.91. The first-order valence-electron chi connectivity index (χ1n) is 11.1. The van der Waals surface area contributed by atoms with E-state index >= 15 is 0 Å². The van der Waals surface area contributed by atoms with Crippen LogP contribution in [0.3, 0.4) is 0 Å². The first-order valence-corrected chi connectivity index (χ1v) is 11.1. The molecule has 2 heterocycles. The van der Waals surface area contributed by atoms with Crippen LogP contribution in [0, 0.1) is 0 Å². The van der Waals surface area contributed by atoms with Gasteiger partial charge in [-0.05, 0) is 35.7 Å². The number of carbonyl (C=O) groups is 2. The van der Waals surface area contributed by atoms with E-state index in [9.17, 15) is 14.7 Å². The van der Waals surface area contributed by atoms with Gasteiger partial charge in [-0.3, -0.25) is 9.59 Å². The average Bonchev–Trinajstić information content (AvgIpc) is 3.37. The zero-order valence-electron chi connectivity index (χ0n) is 18.4. The molecule has 0 saturated carbocycles. The van der Waals surface area contributed by atoms with E-state index in [2.05, 4.69) is 6.92 Å². The average molecular weight is 443 g/mol. The summed E-state index contributed by atoms with van der Waals surface area (Å²) in [7, 11) is 0. The van der Waals surface area contributed by atoms with Crippen molar-refractivity contribution in [1.82, 2.24) is 0 Å². The number of fused-ring (bicyclic) bond motifs is 2. The van der Waals surface area contributed by atoms with Gasteiger partial charge in [0.15, 0.2) is 22.9 Å². The number of benzene rings is 3. The van der Waals surface area contributed by atoms with Gasteiger partial charge >= 0.3 is 0 Å². The third kappa shape index (κ3) is 3.76. The molecule has 3 aromatic rings. The van der Waals surface area contributed by atoms with Gasteiger partial charge in [-0.1, -0.05) is 61.9 Å². The molecule has 0 fully saturated rings. The summed E-state index contributed by atoms with van der Waals surface area (Å²) in [5.74, 6) is 0.522. The number of amides is 1. The van der Waals surface area contributed by atoms with Crippen molar-refractivity contribution in [3.05, 3.63) is 89.0 Å². The van der Waals surface area contributed by atoms with Crippen LogP contribution in [0.1, 0.15) is 46.8 Å². The Hall–Kier alpha value is -3.64. The molecule has 5 rings (SSSR count). The molecule has 0 unspecified atom stereocenters. The maximum absolute atomic E-state index is 13.5. The van der Waals surface area contributed by atoms with E-state index in [0.717, 1.165) is 24.0 Å². The minimum absolute atomic E-state index is 0.172. The summed E-state index contributed by atoms with van der Waals surface area (Å²) in [6, 6.07) is 20.0. The summed E-state index contributed by atoms with van der Waals surface area (Å²) in [5.41, 5.74) is 1.63. The zero-order chi connectivity index (χ0) is 23.0. The zero-order valence-corrected chi connectivity index (χ0v) is 18.4. The number of Topliss-reactive ketones (excluding diaryl/α,β-unsaturated/α-hetero) is 1. The van der Waals surface area contributed by atoms with Gasteiger partial charge in [-0.2, -0.15) is 0 Å². The summed E-state index contributed by atoms with van der Waals surface area (Å²) in [5, 5.41) is 11.5. The predicted molar refractivity (Wildman–Crippen MR) is 123 cm³/mol. The predicted octanol–water partition coefficient (Wildman–Crippen LogP) is 4.38. The number of anilines is 1. The molecule has 1 atom stereocenters. The molecule has 33 heavy (non-hydrogen) atoms. The van der Waals surface area contributed by atoms with E-state index in [1.54, 1.807) is 30.3 Å². The van der Waals surface area contributed by atoms with Crippen molar-refractivity contribution in [3.63, 3.8) is 0 Å². The van der Waals surface area contributed by atoms with Crippen molar-refractivity contribution >= 4 is 17.4 Å². The topological polar surface area (TPSA) is 76.1 Å². The van der Waals surface area contributed by atoms with E-state index in [1.165, 1.54) is 4.90 Å². The van der Waals surface area contributed by atoms with Gasteiger partial charge in [-0.25, -0.2) is 0 Å². The maximum Gasteiger partial charge on any atom is 0.264 e. The number of carbonyl (C=O) groups excluding carboxylic acids is 2. The molecule has 3 aromatic carbocycles. The number of hydrogen-bond donors (Lipinski definition) is 1. The van der Waals surface area contributed by atoms with E-state index in [1.807, 2.05) is 36.4 Å². The van der Waals surface area contributed by atoms with Crippen molar-refractivity contribution in [2.45, 2.75) is 38.3 Å². The van der Waals surface area contributed by atoms with Crippen LogP contribution in [0.15, 0.2) is 66.7 Å². The molecule has 6 heteroatoms. The number of aliphatic hydroxyl groups is 1. The number of ketones is 1. The summed E-state index contributed by atoms with van der Waals surface area (Å²) < 4.78 is 10.8. The van der Waals surface area contributed by atoms with E-state index < -0.39 is 11.5 Å². The molecule has 0 spiro atoms. The second kappa shape index (κ2) is 8.37. The monoisotopic (exact) mass is 443 g/mol. The molecule has 1 N–H and O–H groups in total. The Morgan fingerprint density at radius 2 is 1.73 bits per heavy atom. The van der Waals surface area contributed by atoms with Crippen molar-refractivity contribution in [1.29, 1.82) is 0 Å². The lowest BCUT2D eigenvalue weighted by Crippen LogP contribution is -2.41. The molecule has 0 saturated heterocycles. The SMILES string of the molecule is CCCc1ccc(C(=O)C[C@]2(O)C(=O)N(Cc3ccc4c(c3)OCO4)c3ccccc32)cc1. The quantitative estimate of drug-likeness (QED) is 0.549. The first-order chi connectivity index (χ1) is 16.0. The van der Waals surface area contributed by atoms with Crippen LogP contribution in [0.25, 0.3) is 0 Å². The van der Waals surface area contributed by atoms with Gasteiger partial charge < -0.3 is 19.5 Å². The fourth-order valence-electron chi connectivity index (χ4n) is 4.54. The normalized spacial score (nSPS) is 18.5. The molecule has 2 aliphatic heterocycles. The van der Waals surface area contributed by atoms with E-state index in [4.69, 9.17) is 9.47 Å². The minimum Gasteiger partial charge on any atom is -0.454 e. The van der Waals surface area contributed by atoms with Gasteiger partial charge in [0.2, 0.25) is 6.79 Å². The van der Waals surface area contributed by atoms with E-state index in [0.29, 0.717) is 28.3 Å².